The molecule has 2 heterocycles. The van der Waals surface area contributed by atoms with Crippen LogP contribution >= 0.6 is 0 Å². The SMILES string of the molecule is CCCCC1CN(c2cccc(C)c2)C(=O)CN1C(=O)Cn1ccnc1. The van der Waals surface area contributed by atoms with Crippen molar-refractivity contribution in [1.29, 1.82) is 0 Å². The molecule has 1 aliphatic rings. The van der Waals surface area contributed by atoms with E-state index in [1.165, 1.54) is 0 Å². The maximum Gasteiger partial charge on any atom is 0.246 e. The molecule has 2 aromatic rings. The van der Waals surface area contributed by atoms with Crippen LogP contribution in [0, 0.1) is 6.92 Å². The van der Waals surface area contributed by atoms with Crippen molar-refractivity contribution in [3.05, 3.63) is 48.5 Å². The molecule has 0 N–H and O–H groups in total. The van der Waals surface area contributed by atoms with Gasteiger partial charge in [0.05, 0.1) is 12.4 Å². The third-order valence-electron chi connectivity index (χ3n) is 4.84. The van der Waals surface area contributed by atoms with Crippen LogP contribution in [-0.4, -0.2) is 45.4 Å². The van der Waals surface area contributed by atoms with Crippen LogP contribution in [0.25, 0.3) is 0 Å². The molecule has 1 aromatic carbocycles. The Morgan fingerprint density at radius 1 is 1.35 bits per heavy atom. The Labute approximate surface area is 154 Å². The first kappa shape index (κ1) is 18.2. The lowest BCUT2D eigenvalue weighted by Gasteiger charge is -2.41. The second-order valence-electron chi connectivity index (χ2n) is 6.90. The van der Waals surface area contributed by atoms with Gasteiger partial charge in [-0.2, -0.15) is 0 Å². The lowest BCUT2D eigenvalue weighted by molar-refractivity contribution is -0.140. The molecule has 3 rings (SSSR count). The van der Waals surface area contributed by atoms with E-state index in [1.54, 1.807) is 28.2 Å². The maximum atomic E-state index is 12.8. The summed E-state index contributed by atoms with van der Waals surface area (Å²) in [5.74, 6) is -0.0522. The lowest BCUT2D eigenvalue weighted by atomic mass is 10.0. The quantitative estimate of drug-likeness (QED) is 0.801. The second kappa shape index (κ2) is 8.17. The number of carbonyl (C=O) groups excluding carboxylic acids is 2. The number of nitrogens with zero attached hydrogens (tertiary/aromatic N) is 4. The topological polar surface area (TPSA) is 58.4 Å². The minimum Gasteiger partial charge on any atom is -0.328 e. The fourth-order valence-corrected chi connectivity index (χ4v) is 3.42. The van der Waals surface area contributed by atoms with Gasteiger partial charge in [0.1, 0.15) is 13.1 Å². The number of amides is 2. The molecular weight excluding hydrogens is 328 g/mol. The molecular formula is C20H26N4O2. The molecule has 1 unspecified atom stereocenters. The maximum absolute atomic E-state index is 12.8. The van der Waals surface area contributed by atoms with Crippen LogP contribution in [0.5, 0.6) is 0 Å². The number of benzene rings is 1. The summed E-state index contributed by atoms with van der Waals surface area (Å²) < 4.78 is 1.75. The van der Waals surface area contributed by atoms with Crippen molar-refractivity contribution in [2.45, 2.75) is 45.7 Å². The van der Waals surface area contributed by atoms with E-state index in [-0.39, 0.29) is 30.9 Å². The number of aromatic nitrogens is 2. The van der Waals surface area contributed by atoms with Crippen LogP contribution in [0.15, 0.2) is 43.0 Å². The third-order valence-corrected chi connectivity index (χ3v) is 4.84. The molecule has 0 radical (unpaired) electrons. The van der Waals surface area contributed by atoms with E-state index >= 15 is 0 Å². The van der Waals surface area contributed by atoms with E-state index in [9.17, 15) is 9.59 Å². The highest BCUT2D eigenvalue weighted by atomic mass is 16.2. The molecule has 2 amide bonds. The smallest absolute Gasteiger partial charge is 0.246 e. The van der Waals surface area contributed by atoms with Crippen molar-refractivity contribution in [3.8, 4) is 0 Å². The number of unbranched alkanes of at least 4 members (excludes halogenated alkanes) is 1. The zero-order valence-corrected chi connectivity index (χ0v) is 15.5. The van der Waals surface area contributed by atoms with Crippen LogP contribution in [0.3, 0.4) is 0 Å². The number of aryl methyl sites for hydroxylation is 1. The summed E-state index contributed by atoms with van der Waals surface area (Å²) in [7, 11) is 0. The summed E-state index contributed by atoms with van der Waals surface area (Å²) in [5.41, 5.74) is 2.04. The van der Waals surface area contributed by atoms with Gasteiger partial charge in [0.2, 0.25) is 11.8 Å². The molecule has 1 saturated heterocycles. The van der Waals surface area contributed by atoms with Crippen molar-refractivity contribution in [2.75, 3.05) is 18.0 Å². The van der Waals surface area contributed by atoms with Crippen molar-refractivity contribution < 1.29 is 9.59 Å². The molecule has 1 aliphatic heterocycles. The van der Waals surface area contributed by atoms with Gasteiger partial charge in [-0.3, -0.25) is 9.59 Å². The van der Waals surface area contributed by atoms with Gasteiger partial charge >= 0.3 is 0 Å². The summed E-state index contributed by atoms with van der Waals surface area (Å²) in [6, 6.07) is 8.02. The van der Waals surface area contributed by atoms with Gasteiger partial charge in [-0.1, -0.05) is 31.9 Å². The van der Waals surface area contributed by atoms with Gasteiger partial charge in [-0.15, -0.1) is 0 Å². The Bertz CT molecular complexity index is 757. The number of hydrogen-bond acceptors (Lipinski definition) is 3. The van der Waals surface area contributed by atoms with Crippen LogP contribution in [-0.2, 0) is 16.1 Å². The molecule has 138 valence electrons. The van der Waals surface area contributed by atoms with E-state index < -0.39 is 0 Å². The van der Waals surface area contributed by atoms with E-state index in [4.69, 9.17) is 0 Å². The van der Waals surface area contributed by atoms with E-state index in [1.807, 2.05) is 36.1 Å². The summed E-state index contributed by atoms with van der Waals surface area (Å²) in [6.07, 6.45) is 8.06. The van der Waals surface area contributed by atoms with E-state index in [0.29, 0.717) is 6.54 Å². The van der Waals surface area contributed by atoms with E-state index in [2.05, 4.69) is 11.9 Å². The van der Waals surface area contributed by atoms with E-state index in [0.717, 1.165) is 30.5 Å². The van der Waals surface area contributed by atoms with Crippen molar-refractivity contribution in [2.24, 2.45) is 0 Å². The summed E-state index contributed by atoms with van der Waals surface area (Å²) in [5, 5.41) is 0. The van der Waals surface area contributed by atoms with Crippen LogP contribution in [0.4, 0.5) is 5.69 Å². The molecule has 0 saturated carbocycles. The lowest BCUT2D eigenvalue weighted by Crippen LogP contribution is -2.58. The van der Waals surface area contributed by atoms with Crippen LogP contribution in [0.2, 0.25) is 0 Å². The molecule has 6 nitrogen and oxygen atoms in total. The van der Waals surface area contributed by atoms with Gasteiger partial charge in [-0.05, 0) is 31.0 Å². The number of piperazine rings is 1. The molecule has 0 bridgehead atoms. The standard InChI is InChI=1S/C20H26N4O2/c1-3-4-7-18-12-23(17-8-5-6-16(2)11-17)20(26)14-24(18)19(25)13-22-10-9-21-15-22/h5-6,8-11,15,18H,3-4,7,12-14H2,1-2H3. The Balaban J connectivity index is 1.78. The van der Waals surface area contributed by atoms with Crippen molar-refractivity contribution in [1.82, 2.24) is 14.5 Å². The first-order valence-corrected chi connectivity index (χ1v) is 9.20. The average molecular weight is 354 g/mol. The highest BCUT2D eigenvalue weighted by molar-refractivity contribution is 5.98. The molecule has 1 atom stereocenters. The monoisotopic (exact) mass is 354 g/mol. The zero-order chi connectivity index (χ0) is 18.5. The van der Waals surface area contributed by atoms with Crippen LogP contribution < -0.4 is 4.90 Å². The highest BCUT2D eigenvalue weighted by Gasteiger charge is 2.35. The molecule has 26 heavy (non-hydrogen) atoms. The van der Waals surface area contributed by atoms with Gasteiger partial charge in [-0.25, -0.2) is 4.98 Å². The van der Waals surface area contributed by atoms with Gasteiger partial charge < -0.3 is 14.4 Å². The first-order valence-electron chi connectivity index (χ1n) is 9.20. The molecule has 1 fully saturated rings. The largest absolute Gasteiger partial charge is 0.328 e. The Kier molecular flexibility index (Phi) is 5.71. The predicted molar refractivity (Wildman–Crippen MR) is 101 cm³/mol. The minimum absolute atomic E-state index is 0.0256. The minimum atomic E-state index is -0.0265. The zero-order valence-electron chi connectivity index (χ0n) is 15.5. The normalized spacial score (nSPS) is 17.6. The fourth-order valence-electron chi connectivity index (χ4n) is 3.42. The first-order chi connectivity index (χ1) is 12.6. The average Bonchev–Trinajstić information content (AvgIpc) is 3.13. The Hall–Kier alpha value is -2.63. The summed E-state index contributed by atoms with van der Waals surface area (Å²) in [6.45, 7) is 5.07. The fraction of sp³-hybridized carbons (Fsp3) is 0.450. The second-order valence-corrected chi connectivity index (χ2v) is 6.90. The summed E-state index contributed by atoms with van der Waals surface area (Å²) >= 11 is 0. The number of hydrogen-bond donors (Lipinski definition) is 0. The van der Waals surface area contributed by atoms with Crippen molar-refractivity contribution >= 4 is 17.5 Å². The third kappa shape index (κ3) is 4.12. The predicted octanol–water partition coefficient (Wildman–Crippen LogP) is 2.63. The Morgan fingerprint density at radius 3 is 2.88 bits per heavy atom. The number of imidazole rings is 1. The van der Waals surface area contributed by atoms with Crippen LogP contribution in [0.1, 0.15) is 31.7 Å². The number of rotatable bonds is 6. The molecule has 1 aromatic heterocycles. The highest BCUT2D eigenvalue weighted by Crippen LogP contribution is 2.24. The van der Waals surface area contributed by atoms with Crippen molar-refractivity contribution in [3.63, 3.8) is 0 Å². The Morgan fingerprint density at radius 2 is 2.19 bits per heavy atom. The molecule has 0 aliphatic carbocycles. The number of carbonyl (C=O) groups is 2. The van der Waals surface area contributed by atoms with Gasteiger partial charge in [0.25, 0.3) is 0 Å². The number of anilines is 1. The molecule has 0 spiro atoms. The van der Waals surface area contributed by atoms with Gasteiger partial charge in [0, 0.05) is 24.6 Å². The summed E-state index contributed by atoms with van der Waals surface area (Å²) in [4.78, 5) is 33.1. The molecule has 6 heteroatoms. The van der Waals surface area contributed by atoms with Gasteiger partial charge in [0.15, 0.2) is 0 Å².